The summed E-state index contributed by atoms with van der Waals surface area (Å²) in [6.45, 7) is 3.56. The highest BCUT2D eigenvalue weighted by molar-refractivity contribution is 5.76. The molecule has 0 bridgehead atoms. The van der Waals surface area contributed by atoms with Crippen LogP contribution in [0.2, 0.25) is 0 Å². The molecule has 0 aliphatic carbocycles. The second kappa shape index (κ2) is 7.22. The Bertz CT molecular complexity index is 621. The molecule has 2 N–H and O–H groups in total. The lowest BCUT2D eigenvalue weighted by Gasteiger charge is -2.20. The van der Waals surface area contributed by atoms with E-state index in [9.17, 15) is 14.3 Å². The van der Waals surface area contributed by atoms with E-state index < -0.39 is 12.1 Å². The second-order valence-corrected chi connectivity index (χ2v) is 5.36. The van der Waals surface area contributed by atoms with Crippen LogP contribution in [-0.4, -0.2) is 17.1 Å². The number of benzene rings is 1. The van der Waals surface area contributed by atoms with Gasteiger partial charge in [0.05, 0.1) is 12.1 Å². The molecule has 0 unspecified atom stereocenters. The summed E-state index contributed by atoms with van der Waals surface area (Å²) in [4.78, 5) is 11.9. The molecule has 0 fully saturated rings. The van der Waals surface area contributed by atoms with Crippen LogP contribution >= 0.6 is 0 Å². The predicted molar refractivity (Wildman–Crippen MR) is 80.7 cm³/mol. The normalized spacial score (nSPS) is 13.6. The van der Waals surface area contributed by atoms with Crippen LogP contribution in [0.15, 0.2) is 40.8 Å². The Balaban J connectivity index is 1.83. The largest absolute Gasteiger partial charge is 0.466 e. The zero-order valence-corrected chi connectivity index (χ0v) is 12.7. The van der Waals surface area contributed by atoms with Crippen LogP contribution in [0, 0.1) is 12.7 Å². The fourth-order valence-corrected chi connectivity index (χ4v) is 2.21. The van der Waals surface area contributed by atoms with Crippen molar-refractivity contribution >= 4 is 5.91 Å². The Morgan fingerprint density at radius 2 is 1.95 bits per heavy atom. The van der Waals surface area contributed by atoms with Crippen LogP contribution in [-0.2, 0) is 11.2 Å². The summed E-state index contributed by atoms with van der Waals surface area (Å²) < 4.78 is 18.3. The van der Waals surface area contributed by atoms with Gasteiger partial charge in [-0.2, -0.15) is 0 Å². The number of carbonyl (C=O) groups is 1. The topological polar surface area (TPSA) is 62.5 Å². The number of aliphatic hydroxyl groups is 1. The molecule has 2 rings (SSSR count). The lowest BCUT2D eigenvalue weighted by atomic mass is 10.0. The summed E-state index contributed by atoms with van der Waals surface area (Å²) >= 11 is 0. The minimum absolute atomic E-state index is 0.164. The summed E-state index contributed by atoms with van der Waals surface area (Å²) in [5.74, 6) is 1.05. The molecule has 0 aliphatic rings. The van der Waals surface area contributed by atoms with Crippen LogP contribution in [0.3, 0.4) is 0 Å². The molecular weight excluding hydrogens is 285 g/mol. The highest BCUT2D eigenvalue weighted by Gasteiger charge is 2.18. The number of aliphatic hydroxyl groups excluding tert-OH is 1. The molecule has 0 saturated heterocycles. The standard InChI is InChI=1S/C17H20FNO3/c1-11-3-8-15(22-11)9-10-16(20)19-12(2)17(21)13-4-6-14(18)7-5-13/h3-8,12,17,21H,9-10H2,1-2H3,(H,19,20)/t12-,17+/m1/s1. The number of rotatable bonds is 6. The maximum atomic E-state index is 12.9. The van der Waals surface area contributed by atoms with Crippen molar-refractivity contribution in [2.24, 2.45) is 0 Å². The third kappa shape index (κ3) is 4.43. The third-order valence-electron chi connectivity index (χ3n) is 3.47. The van der Waals surface area contributed by atoms with Gasteiger partial charge in [0, 0.05) is 12.8 Å². The average Bonchev–Trinajstić information content (AvgIpc) is 2.91. The van der Waals surface area contributed by atoms with Gasteiger partial charge in [0.1, 0.15) is 17.3 Å². The van der Waals surface area contributed by atoms with Gasteiger partial charge < -0.3 is 14.8 Å². The van der Waals surface area contributed by atoms with Gasteiger partial charge in [-0.1, -0.05) is 12.1 Å². The van der Waals surface area contributed by atoms with Gasteiger partial charge in [-0.3, -0.25) is 4.79 Å². The number of aryl methyl sites for hydroxylation is 2. The van der Waals surface area contributed by atoms with E-state index in [2.05, 4.69) is 5.32 Å². The molecule has 1 aromatic carbocycles. The summed E-state index contributed by atoms with van der Waals surface area (Å²) in [7, 11) is 0. The van der Waals surface area contributed by atoms with E-state index in [0.717, 1.165) is 11.5 Å². The number of carbonyl (C=O) groups excluding carboxylic acids is 1. The average molecular weight is 305 g/mol. The molecule has 4 nitrogen and oxygen atoms in total. The molecule has 0 saturated carbocycles. The first-order chi connectivity index (χ1) is 10.5. The van der Waals surface area contributed by atoms with Crippen LogP contribution in [0.4, 0.5) is 4.39 Å². The van der Waals surface area contributed by atoms with Crippen molar-refractivity contribution in [3.8, 4) is 0 Å². The Morgan fingerprint density at radius 1 is 1.27 bits per heavy atom. The Hall–Kier alpha value is -2.14. The van der Waals surface area contributed by atoms with Gasteiger partial charge in [0.2, 0.25) is 5.91 Å². The van der Waals surface area contributed by atoms with Crippen molar-refractivity contribution < 1.29 is 18.7 Å². The van der Waals surface area contributed by atoms with E-state index in [1.165, 1.54) is 24.3 Å². The fraction of sp³-hybridized carbons (Fsp3) is 0.353. The molecule has 0 aliphatic heterocycles. The number of hydrogen-bond acceptors (Lipinski definition) is 3. The van der Waals surface area contributed by atoms with Crippen LogP contribution in [0.5, 0.6) is 0 Å². The van der Waals surface area contributed by atoms with Gasteiger partial charge >= 0.3 is 0 Å². The first-order valence-corrected chi connectivity index (χ1v) is 7.24. The van der Waals surface area contributed by atoms with Crippen molar-refractivity contribution in [2.75, 3.05) is 0 Å². The Kier molecular flexibility index (Phi) is 5.33. The number of furan rings is 1. The highest BCUT2D eigenvalue weighted by Crippen LogP contribution is 2.17. The quantitative estimate of drug-likeness (QED) is 0.862. The number of nitrogens with one attached hydrogen (secondary N) is 1. The summed E-state index contributed by atoms with van der Waals surface area (Å²) in [5, 5.41) is 12.9. The van der Waals surface area contributed by atoms with E-state index >= 15 is 0 Å². The zero-order valence-electron chi connectivity index (χ0n) is 12.7. The molecule has 1 aromatic heterocycles. The minimum Gasteiger partial charge on any atom is -0.466 e. The van der Waals surface area contributed by atoms with Crippen molar-refractivity contribution in [3.05, 3.63) is 59.3 Å². The monoisotopic (exact) mass is 305 g/mol. The SMILES string of the molecule is Cc1ccc(CCC(=O)N[C@H](C)[C@H](O)c2ccc(F)cc2)o1. The van der Waals surface area contributed by atoms with Gasteiger partial charge in [-0.05, 0) is 43.7 Å². The van der Waals surface area contributed by atoms with Crippen molar-refractivity contribution in [3.63, 3.8) is 0 Å². The Morgan fingerprint density at radius 3 is 2.55 bits per heavy atom. The molecule has 1 amide bonds. The number of halogens is 1. The smallest absolute Gasteiger partial charge is 0.220 e. The van der Waals surface area contributed by atoms with Crippen LogP contribution in [0.25, 0.3) is 0 Å². The molecule has 0 radical (unpaired) electrons. The summed E-state index contributed by atoms with van der Waals surface area (Å²) in [5.41, 5.74) is 0.566. The summed E-state index contributed by atoms with van der Waals surface area (Å²) in [6.07, 6.45) is -0.0812. The summed E-state index contributed by atoms with van der Waals surface area (Å²) in [6, 6.07) is 8.82. The maximum absolute atomic E-state index is 12.9. The lowest BCUT2D eigenvalue weighted by molar-refractivity contribution is -0.122. The van der Waals surface area contributed by atoms with Gasteiger partial charge in [0.15, 0.2) is 0 Å². The van der Waals surface area contributed by atoms with Crippen LogP contribution < -0.4 is 5.32 Å². The van der Waals surface area contributed by atoms with Crippen LogP contribution in [0.1, 0.15) is 36.5 Å². The van der Waals surface area contributed by atoms with Gasteiger partial charge in [-0.15, -0.1) is 0 Å². The molecule has 2 atom stereocenters. The second-order valence-electron chi connectivity index (χ2n) is 5.36. The lowest BCUT2D eigenvalue weighted by Crippen LogP contribution is -2.37. The van der Waals surface area contributed by atoms with Crippen molar-refractivity contribution in [2.45, 2.75) is 38.8 Å². The number of hydrogen-bond donors (Lipinski definition) is 2. The molecule has 2 aromatic rings. The number of amides is 1. The van der Waals surface area contributed by atoms with E-state index in [0.29, 0.717) is 12.0 Å². The van der Waals surface area contributed by atoms with Gasteiger partial charge in [0.25, 0.3) is 0 Å². The van der Waals surface area contributed by atoms with Crippen molar-refractivity contribution in [1.82, 2.24) is 5.32 Å². The molecule has 1 heterocycles. The van der Waals surface area contributed by atoms with E-state index in [1.54, 1.807) is 6.92 Å². The molecule has 22 heavy (non-hydrogen) atoms. The van der Waals surface area contributed by atoms with Crippen molar-refractivity contribution in [1.29, 1.82) is 0 Å². The van der Waals surface area contributed by atoms with Gasteiger partial charge in [-0.25, -0.2) is 4.39 Å². The fourth-order valence-electron chi connectivity index (χ4n) is 2.21. The first kappa shape index (κ1) is 16.2. The third-order valence-corrected chi connectivity index (χ3v) is 3.47. The first-order valence-electron chi connectivity index (χ1n) is 7.24. The highest BCUT2D eigenvalue weighted by atomic mass is 19.1. The minimum atomic E-state index is -0.879. The predicted octanol–water partition coefficient (Wildman–Crippen LogP) is 2.90. The zero-order chi connectivity index (χ0) is 16.1. The van der Waals surface area contributed by atoms with E-state index in [1.807, 2.05) is 19.1 Å². The molecular formula is C17H20FNO3. The van der Waals surface area contributed by atoms with E-state index in [4.69, 9.17) is 4.42 Å². The molecule has 118 valence electrons. The molecule has 5 heteroatoms. The van der Waals surface area contributed by atoms with E-state index in [-0.39, 0.29) is 18.1 Å². The maximum Gasteiger partial charge on any atom is 0.220 e. The Labute approximate surface area is 129 Å². The molecule has 0 spiro atoms.